The molecule has 31 heavy (non-hydrogen) atoms. The molecule has 6 nitrogen and oxygen atoms in total. The van der Waals surface area contributed by atoms with Crippen molar-refractivity contribution in [3.63, 3.8) is 0 Å². The lowest BCUT2D eigenvalue weighted by Gasteiger charge is -2.29. The Morgan fingerprint density at radius 3 is 2.45 bits per heavy atom. The highest BCUT2D eigenvalue weighted by Crippen LogP contribution is 2.34. The number of ether oxygens (including phenoxy) is 1. The first-order valence-electron chi connectivity index (χ1n) is 10.6. The first-order valence-corrected chi connectivity index (χ1v) is 12.8. The molecule has 4 rings (SSSR count). The molecule has 8 heteroatoms. The minimum absolute atomic E-state index is 0.0696. The molecule has 1 atom stereocenters. The molecule has 0 aromatic heterocycles. The first kappa shape index (κ1) is 22.3. The summed E-state index contributed by atoms with van der Waals surface area (Å²) in [5.74, 6) is 0.918. The standard InChI is InChI=1S/C23H27BrN2O4S/c1-16-9-11-25(12-10-16)31(28,29)21-6-4-20(5-7-21)30-15-23(27)26-17(2)13-18-14-19(24)3-8-22(18)26/h3-8,14,16-17H,9-13,15H2,1-2H3/t17-/m1/s1. The van der Waals surface area contributed by atoms with Crippen LogP contribution in [0.2, 0.25) is 0 Å². The van der Waals surface area contributed by atoms with Gasteiger partial charge in [-0.25, -0.2) is 8.42 Å². The van der Waals surface area contributed by atoms with Crippen LogP contribution >= 0.6 is 15.9 Å². The number of hydrogen-bond donors (Lipinski definition) is 0. The Labute approximate surface area is 192 Å². The molecule has 0 aliphatic carbocycles. The van der Waals surface area contributed by atoms with Crippen molar-refractivity contribution in [2.45, 2.75) is 44.0 Å². The van der Waals surface area contributed by atoms with Gasteiger partial charge in [-0.15, -0.1) is 0 Å². The highest BCUT2D eigenvalue weighted by molar-refractivity contribution is 9.10. The topological polar surface area (TPSA) is 66.9 Å². The number of amides is 1. The van der Waals surface area contributed by atoms with Crippen LogP contribution in [0, 0.1) is 5.92 Å². The van der Waals surface area contributed by atoms with Gasteiger partial charge < -0.3 is 9.64 Å². The monoisotopic (exact) mass is 506 g/mol. The van der Waals surface area contributed by atoms with Crippen molar-refractivity contribution < 1.29 is 17.9 Å². The molecule has 0 spiro atoms. The van der Waals surface area contributed by atoms with E-state index in [9.17, 15) is 13.2 Å². The van der Waals surface area contributed by atoms with Crippen LogP contribution in [0.15, 0.2) is 51.8 Å². The molecule has 0 saturated carbocycles. The number of hydrogen-bond acceptors (Lipinski definition) is 4. The van der Waals surface area contributed by atoms with Crippen molar-refractivity contribution in [3.05, 3.63) is 52.5 Å². The van der Waals surface area contributed by atoms with Crippen LogP contribution in [-0.2, 0) is 21.2 Å². The number of halogens is 1. The van der Waals surface area contributed by atoms with Crippen molar-refractivity contribution in [2.24, 2.45) is 5.92 Å². The molecule has 2 aromatic rings. The average Bonchev–Trinajstić information content (AvgIpc) is 3.07. The third-order valence-electron chi connectivity index (χ3n) is 6.09. The van der Waals surface area contributed by atoms with Gasteiger partial charge in [0, 0.05) is 29.3 Å². The third-order valence-corrected chi connectivity index (χ3v) is 8.50. The smallest absolute Gasteiger partial charge is 0.265 e. The zero-order valence-corrected chi connectivity index (χ0v) is 20.2. The van der Waals surface area contributed by atoms with Crippen molar-refractivity contribution in [1.29, 1.82) is 0 Å². The summed E-state index contributed by atoms with van der Waals surface area (Å²) in [6.45, 7) is 5.19. The largest absolute Gasteiger partial charge is 0.484 e. The number of piperidine rings is 1. The molecule has 0 N–H and O–H groups in total. The second-order valence-corrected chi connectivity index (χ2v) is 11.3. The normalized spacial score (nSPS) is 20.0. The summed E-state index contributed by atoms with van der Waals surface area (Å²) in [6.07, 6.45) is 2.58. The highest BCUT2D eigenvalue weighted by atomic mass is 79.9. The maximum Gasteiger partial charge on any atom is 0.265 e. The van der Waals surface area contributed by atoms with Crippen molar-refractivity contribution >= 4 is 37.5 Å². The quantitative estimate of drug-likeness (QED) is 0.608. The molecule has 2 aliphatic rings. The summed E-state index contributed by atoms with van der Waals surface area (Å²) in [5, 5.41) is 0. The van der Waals surface area contributed by atoms with Gasteiger partial charge in [0.1, 0.15) is 5.75 Å². The number of fused-ring (bicyclic) bond motifs is 1. The second-order valence-electron chi connectivity index (χ2n) is 8.44. The number of benzene rings is 2. The van der Waals surface area contributed by atoms with E-state index in [1.54, 1.807) is 33.5 Å². The van der Waals surface area contributed by atoms with Crippen molar-refractivity contribution in [1.82, 2.24) is 4.31 Å². The lowest BCUT2D eigenvalue weighted by molar-refractivity contribution is -0.120. The molecule has 1 amide bonds. The first-order chi connectivity index (χ1) is 14.8. The van der Waals surface area contributed by atoms with Gasteiger partial charge in [0.05, 0.1) is 4.90 Å². The van der Waals surface area contributed by atoms with Gasteiger partial charge in [-0.3, -0.25) is 4.79 Å². The van der Waals surface area contributed by atoms with Gasteiger partial charge in [0.25, 0.3) is 5.91 Å². The Balaban J connectivity index is 1.39. The predicted octanol–water partition coefficient (Wildman–Crippen LogP) is 4.23. The summed E-state index contributed by atoms with van der Waals surface area (Å²) in [6, 6.07) is 12.3. The Kier molecular flexibility index (Phi) is 6.42. The molecule has 2 heterocycles. The van der Waals surface area contributed by atoms with Crippen LogP contribution in [0.25, 0.3) is 0 Å². The minimum Gasteiger partial charge on any atom is -0.484 e. The van der Waals surface area contributed by atoms with Gasteiger partial charge >= 0.3 is 0 Å². The van der Waals surface area contributed by atoms with Gasteiger partial charge in [0.2, 0.25) is 10.0 Å². The lowest BCUT2D eigenvalue weighted by Crippen LogP contribution is -2.39. The second kappa shape index (κ2) is 8.92. The maximum absolute atomic E-state index is 12.8. The predicted molar refractivity (Wildman–Crippen MR) is 124 cm³/mol. The number of nitrogens with zero attached hydrogens (tertiary/aromatic N) is 2. The number of sulfonamides is 1. The van der Waals surface area contributed by atoms with Crippen molar-refractivity contribution in [2.75, 3.05) is 24.6 Å². The summed E-state index contributed by atoms with van der Waals surface area (Å²) in [5.41, 5.74) is 2.05. The fraction of sp³-hybridized carbons (Fsp3) is 0.435. The number of rotatable bonds is 5. The van der Waals surface area contributed by atoms with Gasteiger partial charge in [-0.2, -0.15) is 4.31 Å². The van der Waals surface area contributed by atoms with E-state index >= 15 is 0 Å². The number of anilines is 1. The van der Waals surface area contributed by atoms with E-state index in [2.05, 4.69) is 22.9 Å². The van der Waals surface area contributed by atoms with E-state index in [0.717, 1.165) is 35.0 Å². The SMILES string of the molecule is CC1CCN(S(=O)(=O)c2ccc(OCC(=O)N3c4ccc(Br)cc4C[C@H]3C)cc2)CC1. The Morgan fingerprint density at radius 1 is 1.10 bits per heavy atom. The summed E-state index contributed by atoms with van der Waals surface area (Å²) < 4.78 is 33.9. The minimum atomic E-state index is -3.49. The Hall–Kier alpha value is -1.90. The Bertz CT molecular complexity index is 1060. The highest BCUT2D eigenvalue weighted by Gasteiger charge is 2.31. The fourth-order valence-corrected chi connectivity index (χ4v) is 6.15. The van der Waals surface area contributed by atoms with Crippen LogP contribution in [0.3, 0.4) is 0 Å². The molecule has 166 valence electrons. The molecule has 0 radical (unpaired) electrons. The molecule has 1 fully saturated rings. The van der Waals surface area contributed by atoms with Crippen LogP contribution in [0.1, 0.15) is 32.3 Å². The molecule has 1 saturated heterocycles. The number of carbonyl (C=O) groups excluding carboxylic acids is 1. The van der Waals surface area contributed by atoms with E-state index < -0.39 is 10.0 Å². The van der Waals surface area contributed by atoms with Crippen molar-refractivity contribution in [3.8, 4) is 5.75 Å². The maximum atomic E-state index is 12.8. The fourth-order valence-electron chi connectivity index (χ4n) is 4.28. The Morgan fingerprint density at radius 2 is 1.77 bits per heavy atom. The van der Waals surface area contributed by atoms with E-state index in [1.807, 2.05) is 25.1 Å². The average molecular weight is 507 g/mol. The molecule has 0 bridgehead atoms. The van der Waals surface area contributed by atoms with Gasteiger partial charge in [-0.1, -0.05) is 22.9 Å². The van der Waals surface area contributed by atoms with Crippen LogP contribution in [-0.4, -0.2) is 44.4 Å². The van der Waals surface area contributed by atoms with Crippen LogP contribution in [0.5, 0.6) is 5.75 Å². The molecule has 0 unspecified atom stereocenters. The zero-order valence-electron chi connectivity index (χ0n) is 17.8. The number of carbonyl (C=O) groups is 1. The van der Waals surface area contributed by atoms with Crippen LogP contribution in [0.4, 0.5) is 5.69 Å². The summed E-state index contributed by atoms with van der Waals surface area (Å²) >= 11 is 3.48. The third kappa shape index (κ3) is 4.66. The van der Waals surface area contributed by atoms with E-state index in [-0.39, 0.29) is 23.5 Å². The molecule has 2 aliphatic heterocycles. The summed E-state index contributed by atoms with van der Waals surface area (Å²) in [7, 11) is -3.49. The molecular weight excluding hydrogens is 480 g/mol. The molecule has 2 aromatic carbocycles. The van der Waals surface area contributed by atoms with E-state index in [4.69, 9.17) is 4.74 Å². The van der Waals surface area contributed by atoms with E-state index in [0.29, 0.717) is 24.8 Å². The lowest BCUT2D eigenvalue weighted by atomic mass is 10.0. The van der Waals surface area contributed by atoms with E-state index in [1.165, 1.54) is 0 Å². The zero-order chi connectivity index (χ0) is 22.2. The van der Waals surface area contributed by atoms with Gasteiger partial charge in [0.15, 0.2) is 6.61 Å². The van der Waals surface area contributed by atoms with Gasteiger partial charge in [-0.05, 0) is 80.1 Å². The summed E-state index contributed by atoms with van der Waals surface area (Å²) in [4.78, 5) is 14.9. The van der Waals surface area contributed by atoms with Crippen LogP contribution < -0.4 is 9.64 Å². The molecular formula is C23H27BrN2O4S.